The Labute approximate surface area is 366 Å². The van der Waals surface area contributed by atoms with Gasteiger partial charge in [0.15, 0.2) is 18.0 Å². The number of ether oxygens (including phenoxy) is 8. The average molecular weight is 871 g/mol. The third-order valence-corrected chi connectivity index (χ3v) is 9.78. The van der Waals surface area contributed by atoms with E-state index in [2.05, 4.69) is 0 Å². The fourth-order valence-corrected chi connectivity index (χ4v) is 6.65. The molecule has 0 unspecified atom stereocenters. The van der Waals surface area contributed by atoms with Gasteiger partial charge in [0.2, 0.25) is 12.4 Å². The summed E-state index contributed by atoms with van der Waals surface area (Å²) in [6, 6.07) is 36.1. The van der Waals surface area contributed by atoms with Crippen molar-refractivity contribution >= 4 is 40.8 Å². The molecule has 0 saturated carbocycles. The Morgan fingerprint density at radius 2 is 1.09 bits per heavy atom. The Hall–Kier alpha value is -7.78. The number of esters is 5. The molecule has 2 heterocycles. The van der Waals surface area contributed by atoms with Crippen LogP contribution in [0.2, 0.25) is 0 Å². The summed E-state index contributed by atoms with van der Waals surface area (Å²) in [5, 5.41) is 0.0814. The first-order valence-electron chi connectivity index (χ1n) is 20.3. The second-order valence-electron chi connectivity index (χ2n) is 14.3. The quantitative estimate of drug-likeness (QED) is 0.0401. The monoisotopic (exact) mass is 870 g/mol. The van der Waals surface area contributed by atoms with Gasteiger partial charge >= 0.3 is 35.5 Å². The van der Waals surface area contributed by atoms with Crippen LogP contribution in [0, 0.1) is 0 Å². The molecule has 0 spiro atoms. The van der Waals surface area contributed by atoms with E-state index in [-0.39, 0.29) is 33.2 Å². The fraction of sp³-hybridized carbons (Fsp3) is 0.224. The van der Waals surface area contributed by atoms with Crippen LogP contribution in [-0.4, -0.2) is 73.8 Å². The van der Waals surface area contributed by atoms with Gasteiger partial charge in [-0.05, 0) is 67.1 Å². The maximum atomic E-state index is 14.1. The zero-order valence-electron chi connectivity index (χ0n) is 34.6. The van der Waals surface area contributed by atoms with E-state index in [4.69, 9.17) is 42.3 Å². The molecular formula is C49H42O15. The molecule has 1 aliphatic rings. The van der Waals surface area contributed by atoms with Crippen molar-refractivity contribution < 1.29 is 66.3 Å². The number of carbonyl (C=O) groups excluding carboxylic acids is 5. The highest BCUT2D eigenvalue weighted by Crippen LogP contribution is 2.39. The van der Waals surface area contributed by atoms with E-state index in [1.807, 2.05) is 6.92 Å². The Balaban J connectivity index is 1.38. The lowest BCUT2D eigenvalue weighted by atomic mass is 9.97. The van der Waals surface area contributed by atoms with E-state index in [0.29, 0.717) is 12.4 Å². The molecule has 1 aromatic heterocycles. The molecule has 5 aromatic carbocycles. The largest absolute Gasteiger partial charge is 0.493 e. The van der Waals surface area contributed by atoms with Gasteiger partial charge in [-0.2, -0.15) is 0 Å². The van der Waals surface area contributed by atoms with Crippen LogP contribution in [0.1, 0.15) is 68.1 Å². The minimum atomic E-state index is -1.90. The standard InChI is InChI=1S/C49H42O15/c1-3-4-27-56-35-25-26-36-37(28-35)59-48(55)42(58-30(2)50)39(36)64-49-43(63-47(54)34-23-15-8-16-24-34)41(62-46(53)33-21-13-7-14-22-33)40(61-45(52)32-19-11-6-12-20-32)38(60-49)29-57-44(51)31-17-9-5-10-18-31/h5-26,28,38,40-41,43,49H,3-4,27,29H2,1-2H3/t38-,40-,41+,43+,49-/m1/s1. The number of fused-ring (bicyclic) bond motifs is 1. The molecule has 1 saturated heterocycles. The van der Waals surface area contributed by atoms with Crippen molar-refractivity contribution in [3.8, 4) is 17.2 Å². The highest BCUT2D eigenvalue weighted by molar-refractivity contribution is 5.92. The van der Waals surface area contributed by atoms with Gasteiger partial charge in [0.05, 0.1) is 34.2 Å². The number of rotatable bonds is 16. The summed E-state index contributed by atoms with van der Waals surface area (Å²) < 4.78 is 53.8. The Morgan fingerprint density at radius 1 is 0.594 bits per heavy atom. The Bertz CT molecular complexity index is 2630. The van der Waals surface area contributed by atoms with Crippen LogP contribution in [-0.2, 0) is 28.5 Å². The lowest BCUT2D eigenvalue weighted by Crippen LogP contribution is -2.64. The molecule has 0 radical (unpaired) electrons. The lowest BCUT2D eigenvalue weighted by Gasteiger charge is -2.44. The predicted octanol–water partition coefficient (Wildman–Crippen LogP) is 7.53. The number of benzene rings is 5. The fourth-order valence-electron chi connectivity index (χ4n) is 6.65. The number of hydrogen-bond acceptors (Lipinski definition) is 15. The molecule has 6 aromatic rings. The Kier molecular flexibility index (Phi) is 14.4. The molecule has 7 rings (SSSR count). The van der Waals surface area contributed by atoms with Gasteiger partial charge in [-0.3, -0.25) is 4.79 Å². The van der Waals surface area contributed by atoms with Gasteiger partial charge in [-0.1, -0.05) is 86.1 Å². The zero-order valence-corrected chi connectivity index (χ0v) is 34.6. The number of carbonyl (C=O) groups is 5. The number of hydrogen-bond donors (Lipinski definition) is 0. The van der Waals surface area contributed by atoms with Crippen molar-refractivity contribution in [2.24, 2.45) is 0 Å². The van der Waals surface area contributed by atoms with Crippen LogP contribution >= 0.6 is 0 Å². The summed E-state index contributed by atoms with van der Waals surface area (Å²) >= 11 is 0. The van der Waals surface area contributed by atoms with E-state index in [1.54, 1.807) is 78.9 Å². The van der Waals surface area contributed by atoms with E-state index in [9.17, 15) is 28.8 Å². The van der Waals surface area contributed by atoms with Crippen molar-refractivity contribution in [2.75, 3.05) is 13.2 Å². The second-order valence-corrected chi connectivity index (χ2v) is 14.3. The van der Waals surface area contributed by atoms with E-state index in [0.717, 1.165) is 19.8 Å². The van der Waals surface area contributed by atoms with E-state index < -0.39 is 84.3 Å². The summed E-state index contributed by atoms with van der Waals surface area (Å²) in [5.41, 5.74) is -0.773. The summed E-state index contributed by atoms with van der Waals surface area (Å²) in [5.74, 6) is -5.23. The van der Waals surface area contributed by atoms with Gasteiger partial charge in [0.1, 0.15) is 24.0 Å². The smallest absolute Gasteiger partial charge is 0.383 e. The van der Waals surface area contributed by atoms with Crippen molar-refractivity contribution in [1.82, 2.24) is 0 Å². The molecule has 64 heavy (non-hydrogen) atoms. The molecule has 328 valence electrons. The minimum Gasteiger partial charge on any atom is -0.493 e. The molecule has 5 atom stereocenters. The normalized spacial score (nSPS) is 17.9. The predicted molar refractivity (Wildman–Crippen MR) is 227 cm³/mol. The van der Waals surface area contributed by atoms with E-state index in [1.165, 1.54) is 60.7 Å². The van der Waals surface area contributed by atoms with Crippen molar-refractivity contribution in [1.29, 1.82) is 0 Å². The van der Waals surface area contributed by atoms with Gasteiger partial charge in [-0.25, -0.2) is 24.0 Å². The third-order valence-electron chi connectivity index (χ3n) is 9.78. The molecule has 1 aliphatic heterocycles. The van der Waals surface area contributed by atoms with Gasteiger partial charge in [0, 0.05) is 13.0 Å². The summed E-state index contributed by atoms with van der Waals surface area (Å²) in [6.07, 6.45) is -7.10. The minimum absolute atomic E-state index is 0.0476. The van der Waals surface area contributed by atoms with Crippen LogP contribution in [0.15, 0.2) is 149 Å². The topological polar surface area (TPSA) is 189 Å². The van der Waals surface area contributed by atoms with Crippen LogP contribution < -0.4 is 19.8 Å². The highest BCUT2D eigenvalue weighted by atomic mass is 16.7. The van der Waals surface area contributed by atoms with Crippen molar-refractivity contribution in [3.63, 3.8) is 0 Å². The average Bonchev–Trinajstić information content (AvgIpc) is 3.32. The first kappa shape index (κ1) is 44.3. The van der Waals surface area contributed by atoms with Crippen LogP contribution in [0.25, 0.3) is 11.0 Å². The molecule has 0 aliphatic carbocycles. The summed E-state index contributed by atoms with van der Waals surface area (Å²) in [4.78, 5) is 81.5. The van der Waals surface area contributed by atoms with Crippen LogP contribution in [0.4, 0.5) is 0 Å². The Morgan fingerprint density at radius 3 is 1.61 bits per heavy atom. The molecular weight excluding hydrogens is 829 g/mol. The van der Waals surface area contributed by atoms with Gasteiger partial charge < -0.3 is 42.3 Å². The highest BCUT2D eigenvalue weighted by Gasteiger charge is 2.54. The van der Waals surface area contributed by atoms with Crippen LogP contribution in [0.3, 0.4) is 0 Å². The first-order valence-corrected chi connectivity index (χ1v) is 20.3. The third kappa shape index (κ3) is 10.8. The zero-order chi connectivity index (χ0) is 45.0. The second kappa shape index (κ2) is 20.9. The maximum Gasteiger partial charge on any atom is 0.383 e. The van der Waals surface area contributed by atoms with Crippen molar-refractivity contribution in [3.05, 3.63) is 172 Å². The maximum absolute atomic E-state index is 14.1. The van der Waals surface area contributed by atoms with Gasteiger partial charge in [-0.15, -0.1) is 0 Å². The molecule has 15 heteroatoms. The molecule has 0 amide bonds. The van der Waals surface area contributed by atoms with E-state index >= 15 is 0 Å². The van der Waals surface area contributed by atoms with Crippen LogP contribution in [0.5, 0.6) is 17.2 Å². The number of unbranched alkanes of at least 4 members (excludes halogenated alkanes) is 1. The SMILES string of the molecule is CCCCOc1ccc2c(O[C@H]3O[C@H](COC(=O)c4ccccc4)[C@@H](OC(=O)c4ccccc4)[C@H](OC(=O)c4ccccc4)[C@@H]3OC(=O)c3ccccc3)c(OC(C)=O)c(=O)oc2c1. The molecule has 0 bridgehead atoms. The summed E-state index contributed by atoms with van der Waals surface area (Å²) in [7, 11) is 0. The lowest BCUT2D eigenvalue weighted by molar-refractivity contribution is -0.275. The summed E-state index contributed by atoms with van der Waals surface area (Å²) in [6.45, 7) is 2.79. The molecule has 0 N–H and O–H groups in total. The van der Waals surface area contributed by atoms with Crippen molar-refractivity contribution in [2.45, 2.75) is 57.4 Å². The first-order chi connectivity index (χ1) is 31.1. The molecule has 15 nitrogen and oxygen atoms in total. The van der Waals surface area contributed by atoms with Gasteiger partial charge in [0.25, 0.3) is 5.75 Å². The molecule has 1 fully saturated rings.